The number of ether oxygens (including phenoxy) is 2. The Morgan fingerprint density at radius 2 is 1.31 bits per heavy atom. The number of hydrogen-bond acceptors (Lipinski definition) is 3. The topological polar surface area (TPSA) is 47.6 Å². The van der Waals surface area contributed by atoms with Gasteiger partial charge in [-0.3, -0.25) is 4.79 Å². The molecule has 3 aromatic carbocycles. The Hall–Kier alpha value is -3.27. The summed E-state index contributed by atoms with van der Waals surface area (Å²) >= 11 is 0. The van der Waals surface area contributed by atoms with Crippen molar-refractivity contribution < 1.29 is 14.3 Å². The summed E-state index contributed by atoms with van der Waals surface area (Å²) in [6.07, 6.45) is 0.988. The molecule has 3 aromatic rings. The Morgan fingerprint density at radius 1 is 0.828 bits per heavy atom. The van der Waals surface area contributed by atoms with Crippen LogP contribution in [0.5, 0.6) is 17.2 Å². The molecule has 1 amide bonds. The summed E-state index contributed by atoms with van der Waals surface area (Å²) in [5, 5.41) is 2.90. The SMILES string of the molecule is CCCOc1ccc(Oc2ccc(-c3ccc(C(C)NC(C)=O)cc3)cc2)cc1. The zero-order chi connectivity index (χ0) is 20.6. The average Bonchev–Trinajstić information content (AvgIpc) is 2.73. The third-order valence-corrected chi connectivity index (χ3v) is 4.55. The van der Waals surface area contributed by atoms with Crippen molar-refractivity contribution in [1.29, 1.82) is 0 Å². The van der Waals surface area contributed by atoms with E-state index in [4.69, 9.17) is 9.47 Å². The summed E-state index contributed by atoms with van der Waals surface area (Å²) in [7, 11) is 0. The van der Waals surface area contributed by atoms with Gasteiger partial charge in [0.05, 0.1) is 12.6 Å². The molecule has 29 heavy (non-hydrogen) atoms. The summed E-state index contributed by atoms with van der Waals surface area (Å²) in [5.41, 5.74) is 3.31. The largest absolute Gasteiger partial charge is 0.494 e. The molecule has 1 atom stereocenters. The monoisotopic (exact) mass is 389 g/mol. The standard InChI is InChI=1S/C25H27NO3/c1-4-17-28-23-13-15-25(16-14-23)29-24-11-9-22(10-12-24)21-7-5-20(6-8-21)18(2)26-19(3)27/h5-16,18H,4,17H2,1-3H3,(H,26,27). The second-order valence-electron chi connectivity index (χ2n) is 6.99. The number of carbonyl (C=O) groups excluding carboxylic acids is 1. The second-order valence-corrected chi connectivity index (χ2v) is 6.99. The van der Waals surface area contributed by atoms with E-state index in [1.165, 1.54) is 6.92 Å². The molecule has 0 saturated carbocycles. The minimum Gasteiger partial charge on any atom is -0.494 e. The van der Waals surface area contributed by atoms with Crippen LogP contribution >= 0.6 is 0 Å². The molecule has 0 spiro atoms. The van der Waals surface area contributed by atoms with Gasteiger partial charge in [-0.2, -0.15) is 0 Å². The van der Waals surface area contributed by atoms with Crippen LogP contribution in [0, 0.1) is 0 Å². The molecule has 4 heteroatoms. The van der Waals surface area contributed by atoms with Crippen molar-refractivity contribution in [2.45, 2.75) is 33.2 Å². The van der Waals surface area contributed by atoms with Gasteiger partial charge in [-0.15, -0.1) is 0 Å². The quantitative estimate of drug-likeness (QED) is 0.504. The van der Waals surface area contributed by atoms with Crippen molar-refractivity contribution in [2.75, 3.05) is 6.61 Å². The van der Waals surface area contributed by atoms with Crippen LogP contribution in [-0.4, -0.2) is 12.5 Å². The van der Waals surface area contributed by atoms with E-state index in [2.05, 4.69) is 24.4 Å². The smallest absolute Gasteiger partial charge is 0.217 e. The molecule has 0 radical (unpaired) electrons. The van der Waals surface area contributed by atoms with E-state index >= 15 is 0 Å². The van der Waals surface area contributed by atoms with Crippen molar-refractivity contribution in [3.05, 3.63) is 78.4 Å². The van der Waals surface area contributed by atoms with Gasteiger partial charge in [0, 0.05) is 6.92 Å². The zero-order valence-corrected chi connectivity index (χ0v) is 17.1. The van der Waals surface area contributed by atoms with Crippen molar-refractivity contribution in [1.82, 2.24) is 5.32 Å². The minimum absolute atomic E-state index is 0.00362. The Balaban J connectivity index is 1.63. The molecule has 0 heterocycles. The van der Waals surface area contributed by atoms with Crippen LogP contribution in [0.1, 0.15) is 38.8 Å². The first-order valence-electron chi connectivity index (χ1n) is 9.93. The number of rotatable bonds is 8. The van der Waals surface area contributed by atoms with Crippen LogP contribution in [0.2, 0.25) is 0 Å². The van der Waals surface area contributed by atoms with E-state index in [-0.39, 0.29) is 11.9 Å². The van der Waals surface area contributed by atoms with E-state index in [1.807, 2.05) is 67.6 Å². The lowest BCUT2D eigenvalue weighted by atomic mass is 10.0. The molecule has 3 rings (SSSR count). The summed E-state index contributed by atoms with van der Waals surface area (Å²) in [5.74, 6) is 2.39. The average molecular weight is 389 g/mol. The van der Waals surface area contributed by atoms with Crippen LogP contribution in [0.25, 0.3) is 11.1 Å². The highest BCUT2D eigenvalue weighted by Gasteiger charge is 2.07. The van der Waals surface area contributed by atoms with E-state index in [0.29, 0.717) is 0 Å². The Morgan fingerprint density at radius 3 is 1.83 bits per heavy atom. The third-order valence-electron chi connectivity index (χ3n) is 4.55. The van der Waals surface area contributed by atoms with Crippen LogP contribution < -0.4 is 14.8 Å². The Bertz CT molecular complexity index is 916. The first-order valence-corrected chi connectivity index (χ1v) is 9.93. The molecule has 0 aliphatic heterocycles. The lowest BCUT2D eigenvalue weighted by Gasteiger charge is -2.13. The predicted octanol–water partition coefficient (Wildman–Crippen LogP) is 6.13. The van der Waals surface area contributed by atoms with Crippen molar-refractivity contribution in [3.8, 4) is 28.4 Å². The molecule has 1 unspecified atom stereocenters. The molecule has 0 aliphatic carbocycles. The van der Waals surface area contributed by atoms with Gasteiger partial charge >= 0.3 is 0 Å². The maximum atomic E-state index is 11.2. The Labute approximate surface area is 172 Å². The molecule has 0 saturated heterocycles. The van der Waals surface area contributed by atoms with Gasteiger partial charge in [-0.25, -0.2) is 0 Å². The number of carbonyl (C=O) groups is 1. The lowest BCUT2D eigenvalue weighted by Crippen LogP contribution is -2.23. The highest BCUT2D eigenvalue weighted by molar-refractivity contribution is 5.73. The van der Waals surface area contributed by atoms with Gasteiger partial charge in [-0.1, -0.05) is 43.3 Å². The van der Waals surface area contributed by atoms with E-state index < -0.39 is 0 Å². The van der Waals surface area contributed by atoms with Gasteiger partial charge in [-0.05, 0) is 66.4 Å². The third kappa shape index (κ3) is 5.85. The second kappa shape index (κ2) is 9.78. The summed E-state index contributed by atoms with van der Waals surface area (Å²) in [6, 6.07) is 23.9. The van der Waals surface area contributed by atoms with E-state index in [9.17, 15) is 4.79 Å². The van der Waals surface area contributed by atoms with Crippen LogP contribution in [0.4, 0.5) is 0 Å². The highest BCUT2D eigenvalue weighted by atomic mass is 16.5. The lowest BCUT2D eigenvalue weighted by molar-refractivity contribution is -0.119. The molecular formula is C25H27NO3. The van der Waals surface area contributed by atoms with Crippen molar-refractivity contribution >= 4 is 5.91 Å². The summed E-state index contributed by atoms with van der Waals surface area (Å²) in [6.45, 7) is 6.31. The van der Waals surface area contributed by atoms with Gasteiger partial charge in [0.15, 0.2) is 0 Å². The first-order chi connectivity index (χ1) is 14.0. The molecule has 4 nitrogen and oxygen atoms in total. The van der Waals surface area contributed by atoms with Crippen LogP contribution in [0.15, 0.2) is 72.8 Å². The van der Waals surface area contributed by atoms with Crippen molar-refractivity contribution in [3.63, 3.8) is 0 Å². The zero-order valence-electron chi connectivity index (χ0n) is 17.1. The van der Waals surface area contributed by atoms with Gasteiger partial charge in [0.25, 0.3) is 0 Å². The van der Waals surface area contributed by atoms with Crippen LogP contribution in [-0.2, 0) is 4.79 Å². The molecule has 0 fully saturated rings. The van der Waals surface area contributed by atoms with Crippen LogP contribution in [0.3, 0.4) is 0 Å². The molecule has 0 bridgehead atoms. The van der Waals surface area contributed by atoms with E-state index in [0.717, 1.165) is 47.0 Å². The van der Waals surface area contributed by atoms with Gasteiger partial charge < -0.3 is 14.8 Å². The fraction of sp³-hybridized carbons (Fsp3) is 0.240. The molecule has 0 aromatic heterocycles. The molecule has 0 aliphatic rings. The number of nitrogens with one attached hydrogen (secondary N) is 1. The summed E-state index contributed by atoms with van der Waals surface area (Å²) in [4.78, 5) is 11.2. The number of hydrogen-bond donors (Lipinski definition) is 1. The maximum absolute atomic E-state index is 11.2. The minimum atomic E-state index is -0.0275. The maximum Gasteiger partial charge on any atom is 0.217 e. The summed E-state index contributed by atoms with van der Waals surface area (Å²) < 4.78 is 11.5. The fourth-order valence-electron chi connectivity index (χ4n) is 3.03. The number of benzene rings is 3. The van der Waals surface area contributed by atoms with E-state index in [1.54, 1.807) is 0 Å². The predicted molar refractivity (Wildman–Crippen MR) is 116 cm³/mol. The fourth-order valence-corrected chi connectivity index (χ4v) is 3.03. The number of amides is 1. The van der Waals surface area contributed by atoms with Crippen molar-refractivity contribution in [2.24, 2.45) is 0 Å². The first kappa shape index (κ1) is 20.5. The highest BCUT2D eigenvalue weighted by Crippen LogP contribution is 2.28. The molecule has 1 N–H and O–H groups in total. The molecule has 150 valence electrons. The van der Waals surface area contributed by atoms with Gasteiger partial charge in [0.2, 0.25) is 5.91 Å². The molecular weight excluding hydrogens is 362 g/mol. The normalized spacial score (nSPS) is 11.6. The Kier molecular flexibility index (Phi) is 6.90. The van der Waals surface area contributed by atoms with Gasteiger partial charge in [0.1, 0.15) is 17.2 Å².